The SMILES string of the molecule is CC(=O)N1c2ccc([C@@H](O)CN3CCSCC3)cc2C[C@@H]1C. The first kappa shape index (κ1) is 15.8. The maximum Gasteiger partial charge on any atom is 0.224 e. The van der Waals surface area contributed by atoms with Crippen molar-refractivity contribution in [1.82, 2.24) is 4.90 Å². The highest BCUT2D eigenvalue weighted by Crippen LogP contribution is 2.34. The second-order valence-electron chi connectivity index (χ2n) is 6.26. The molecule has 5 heteroatoms. The summed E-state index contributed by atoms with van der Waals surface area (Å²) in [7, 11) is 0. The molecule has 1 aromatic rings. The molecule has 2 heterocycles. The van der Waals surface area contributed by atoms with Crippen LogP contribution in [0.5, 0.6) is 0 Å². The van der Waals surface area contributed by atoms with Gasteiger partial charge in [0.15, 0.2) is 0 Å². The number of fused-ring (bicyclic) bond motifs is 1. The lowest BCUT2D eigenvalue weighted by molar-refractivity contribution is -0.116. The molecule has 1 saturated heterocycles. The van der Waals surface area contributed by atoms with E-state index in [9.17, 15) is 9.90 Å². The van der Waals surface area contributed by atoms with Crippen LogP contribution in [-0.2, 0) is 11.2 Å². The van der Waals surface area contributed by atoms with Gasteiger partial charge >= 0.3 is 0 Å². The number of β-amino-alcohol motifs (C(OH)–C–C–N with tert-alkyl or cyclic N) is 1. The molecule has 2 aliphatic rings. The van der Waals surface area contributed by atoms with E-state index in [2.05, 4.69) is 17.9 Å². The Hall–Kier alpha value is -1.04. The predicted octanol–water partition coefficient (Wildman–Crippen LogP) is 2.07. The molecule has 2 aliphatic heterocycles. The molecule has 1 amide bonds. The highest BCUT2D eigenvalue weighted by Gasteiger charge is 2.29. The van der Waals surface area contributed by atoms with Gasteiger partial charge in [0.25, 0.3) is 0 Å². The number of aliphatic hydroxyl groups is 1. The summed E-state index contributed by atoms with van der Waals surface area (Å²) >= 11 is 1.98. The van der Waals surface area contributed by atoms with Crippen molar-refractivity contribution in [3.63, 3.8) is 0 Å². The number of aliphatic hydroxyl groups excluding tert-OH is 1. The van der Waals surface area contributed by atoms with E-state index < -0.39 is 6.10 Å². The zero-order chi connectivity index (χ0) is 15.7. The van der Waals surface area contributed by atoms with E-state index in [1.165, 1.54) is 5.56 Å². The van der Waals surface area contributed by atoms with Crippen LogP contribution in [0.2, 0.25) is 0 Å². The van der Waals surface area contributed by atoms with Crippen molar-refractivity contribution in [3.8, 4) is 0 Å². The Morgan fingerprint density at radius 3 is 2.82 bits per heavy atom. The number of anilines is 1. The van der Waals surface area contributed by atoms with E-state index in [0.717, 1.165) is 42.3 Å². The summed E-state index contributed by atoms with van der Waals surface area (Å²) < 4.78 is 0. The van der Waals surface area contributed by atoms with E-state index >= 15 is 0 Å². The number of amides is 1. The average Bonchev–Trinajstić information content (AvgIpc) is 2.83. The van der Waals surface area contributed by atoms with Crippen molar-refractivity contribution in [2.45, 2.75) is 32.4 Å². The van der Waals surface area contributed by atoms with E-state index in [0.29, 0.717) is 6.54 Å². The Morgan fingerprint density at radius 2 is 2.14 bits per heavy atom. The molecular weight excluding hydrogens is 296 g/mol. The molecule has 0 bridgehead atoms. The van der Waals surface area contributed by atoms with Crippen molar-refractivity contribution < 1.29 is 9.90 Å². The number of benzene rings is 1. The zero-order valence-electron chi connectivity index (χ0n) is 13.3. The standard InChI is InChI=1S/C17H24N2O2S/c1-12-9-15-10-14(3-4-16(15)19(12)13(2)20)17(21)11-18-5-7-22-8-6-18/h3-4,10,12,17,21H,5-9,11H2,1-2H3/t12-,17-/m0/s1. The van der Waals surface area contributed by atoms with Crippen LogP contribution < -0.4 is 4.90 Å². The molecule has 120 valence electrons. The number of carbonyl (C=O) groups is 1. The molecule has 0 spiro atoms. The molecule has 0 saturated carbocycles. The van der Waals surface area contributed by atoms with Crippen LogP contribution in [0.3, 0.4) is 0 Å². The van der Waals surface area contributed by atoms with Gasteiger partial charge in [-0.1, -0.05) is 12.1 Å². The lowest BCUT2D eigenvalue weighted by Crippen LogP contribution is -2.35. The third kappa shape index (κ3) is 3.16. The zero-order valence-corrected chi connectivity index (χ0v) is 14.1. The maximum atomic E-state index is 11.8. The normalized spacial score (nSPS) is 23.4. The molecule has 0 unspecified atom stereocenters. The number of thioether (sulfide) groups is 1. The lowest BCUT2D eigenvalue weighted by atomic mass is 10.0. The van der Waals surface area contributed by atoms with Crippen LogP contribution in [-0.4, -0.2) is 53.1 Å². The summed E-state index contributed by atoms with van der Waals surface area (Å²) in [6.45, 7) is 6.50. The third-order valence-corrected chi connectivity index (χ3v) is 5.52. The molecule has 3 rings (SSSR count). The van der Waals surface area contributed by atoms with Gasteiger partial charge in [-0.15, -0.1) is 0 Å². The largest absolute Gasteiger partial charge is 0.387 e. The van der Waals surface area contributed by atoms with Gasteiger partial charge in [-0.2, -0.15) is 11.8 Å². The molecule has 1 aromatic carbocycles. The van der Waals surface area contributed by atoms with Gasteiger partial charge in [-0.05, 0) is 30.5 Å². The van der Waals surface area contributed by atoms with E-state index in [1.807, 2.05) is 28.8 Å². The Labute approximate surface area is 136 Å². The number of rotatable bonds is 3. The van der Waals surface area contributed by atoms with Crippen molar-refractivity contribution in [1.29, 1.82) is 0 Å². The Bertz CT molecular complexity index is 558. The Balaban J connectivity index is 1.73. The summed E-state index contributed by atoms with van der Waals surface area (Å²) in [5.74, 6) is 2.40. The summed E-state index contributed by atoms with van der Waals surface area (Å²) in [6.07, 6.45) is 0.422. The van der Waals surface area contributed by atoms with Crippen LogP contribution in [0.15, 0.2) is 18.2 Å². The fourth-order valence-electron chi connectivity index (χ4n) is 3.47. The quantitative estimate of drug-likeness (QED) is 0.926. The third-order valence-electron chi connectivity index (χ3n) is 4.58. The highest BCUT2D eigenvalue weighted by atomic mass is 32.2. The highest BCUT2D eigenvalue weighted by molar-refractivity contribution is 7.99. The van der Waals surface area contributed by atoms with E-state index in [1.54, 1.807) is 6.92 Å². The first-order chi connectivity index (χ1) is 10.6. The second kappa shape index (κ2) is 6.60. The first-order valence-electron chi connectivity index (χ1n) is 7.97. The van der Waals surface area contributed by atoms with Gasteiger partial charge in [0.1, 0.15) is 0 Å². The van der Waals surface area contributed by atoms with Crippen molar-refractivity contribution >= 4 is 23.4 Å². The van der Waals surface area contributed by atoms with Crippen LogP contribution in [0.1, 0.15) is 31.1 Å². The minimum Gasteiger partial charge on any atom is -0.387 e. The van der Waals surface area contributed by atoms with Gasteiger partial charge in [-0.25, -0.2) is 0 Å². The minimum atomic E-state index is -0.449. The van der Waals surface area contributed by atoms with Crippen LogP contribution >= 0.6 is 11.8 Å². The van der Waals surface area contributed by atoms with Crippen molar-refractivity contribution in [3.05, 3.63) is 29.3 Å². The van der Waals surface area contributed by atoms with Crippen LogP contribution in [0.4, 0.5) is 5.69 Å². The summed E-state index contributed by atoms with van der Waals surface area (Å²) in [5.41, 5.74) is 3.15. The smallest absolute Gasteiger partial charge is 0.224 e. The van der Waals surface area contributed by atoms with Gasteiger partial charge < -0.3 is 10.0 Å². The number of hydrogen-bond acceptors (Lipinski definition) is 4. The van der Waals surface area contributed by atoms with Gasteiger partial charge in [0, 0.05) is 49.8 Å². The fraction of sp³-hybridized carbons (Fsp3) is 0.588. The maximum absolute atomic E-state index is 11.8. The van der Waals surface area contributed by atoms with Crippen molar-refractivity contribution in [2.24, 2.45) is 0 Å². The monoisotopic (exact) mass is 320 g/mol. The van der Waals surface area contributed by atoms with Gasteiger partial charge in [0.05, 0.1) is 6.10 Å². The Morgan fingerprint density at radius 1 is 1.41 bits per heavy atom. The molecule has 0 aromatic heterocycles. The minimum absolute atomic E-state index is 0.0883. The number of hydrogen-bond donors (Lipinski definition) is 1. The van der Waals surface area contributed by atoms with Gasteiger partial charge in [0.2, 0.25) is 5.91 Å². The number of nitrogens with zero attached hydrogens (tertiary/aromatic N) is 2. The van der Waals surface area contributed by atoms with E-state index in [4.69, 9.17) is 0 Å². The topological polar surface area (TPSA) is 43.8 Å². The summed E-state index contributed by atoms with van der Waals surface area (Å²) in [6, 6.07) is 6.25. The molecule has 1 fully saturated rings. The first-order valence-corrected chi connectivity index (χ1v) is 9.12. The molecule has 0 radical (unpaired) electrons. The second-order valence-corrected chi connectivity index (χ2v) is 7.48. The molecule has 2 atom stereocenters. The molecule has 0 aliphatic carbocycles. The Kier molecular flexibility index (Phi) is 4.76. The van der Waals surface area contributed by atoms with Crippen LogP contribution in [0, 0.1) is 0 Å². The molecule has 1 N–H and O–H groups in total. The van der Waals surface area contributed by atoms with E-state index in [-0.39, 0.29) is 11.9 Å². The summed E-state index contributed by atoms with van der Waals surface area (Å²) in [5, 5.41) is 10.5. The predicted molar refractivity (Wildman–Crippen MR) is 91.5 cm³/mol. The van der Waals surface area contributed by atoms with Gasteiger partial charge in [-0.3, -0.25) is 9.69 Å². The van der Waals surface area contributed by atoms with Crippen molar-refractivity contribution in [2.75, 3.05) is 36.0 Å². The fourth-order valence-corrected chi connectivity index (χ4v) is 4.45. The molecule has 22 heavy (non-hydrogen) atoms. The molecular formula is C17H24N2O2S. The lowest BCUT2D eigenvalue weighted by Gasteiger charge is -2.28. The van der Waals surface area contributed by atoms with Crippen LogP contribution in [0.25, 0.3) is 0 Å². The molecule has 4 nitrogen and oxygen atoms in total. The summed E-state index contributed by atoms with van der Waals surface area (Å²) in [4.78, 5) is 16.0. The number of carbonyl (C=O) groups excluding carboxylic acids is 1. The average molecular weight is 320 g/mol.